The number of alkyl halides is 5. The van der Waals surface area contributed by atoms with E-state index in [4.69, 9.17) is 0 Å². The lowest BCUT2D eigenvalue weighted by molar-refractivity contribution is -0.294. The van der Waals surface area contributed by atoms with Crippen LogP contribution in [0.5, 0.6) is 0 Å². The number of benzene rings is 1. The maximum Gasteiger partial charge on any atom is 0.455 e. The lowest BCUT2D eigenvalue weighted by Gasteiger charge is -2.29. The number of carbonyl (C=O) groups excluding carboxylic acids is 1. The third-order valence-electron chi connectivity index (χ3n) is 3.24. The standard InChI is InChI=1S/C13H13F5N2O/c1-2-19-11(12(14,15)13(16,17)18)7-3-4-9-8(5-7)6-10(21)20-9/h3-5,11,19H,2,6H2,1H3,(H,20,21). The van der Waals surface area contributed by atoms with Crippen LogP contribution in [0.15, 0.2) is 18.2 Å². The molecule has 2 rings (SSSR count). The average molecular weight is 308 g/mol. The van der Waals surface area contributed by atoms with Gasteiger partial charge in [0.25, 0.3) is 0 Å². The van der Waals surface area contributed by atoms with Gasteiger partial charge in [-0.05, 0) is 23.7 Å². The molecule has 0 spiro atoms. The molecule has 1 aromatic carbocycles. The first-order valence-electron chi connectivity index (χ1n) is 6.27. The van der Waals surface area contributed by atoms with Crippen molar-refractivity contribution >= 4 is 11.6 Å². The molecule has 0 saturated carbocycles. The molecule has 1 aliphatic rings. The zero-order valence-electron chi connectivity index (χ0n) is 11.0. The maximum absolute atomic E-state index is 13.6. The van der Waals surface area contributed by atoms with Gasteiger partial charge in [-0.1, -0.05) is 19.1 Å². The molecule has 1 amide bonds. The van der Waals surface area contributed by atoms with Gasteiger partial charge in [-0.2, -0.15) is 22.0 Å². The van der Waals surface area contributed by atoms with Crippen molar-refractivity contribution in [2.24, 2.45) is 0 Å². The Bertz CT molecular complexity index is 556. The smallest absolute Gasteiger partial charge is 0.326 e. The van der Waals surface area contributed by atoms with E-state index >= 15 is 0 Å². The van der Waals surface area contributed by atoms with Crippen LogP contribution in [0.4, 0.5) is 27.6 Å². The summed E-state index contributed by atoms with van der Waals surface area (Å²) in [5, 5.41) is 4.67. The van der Waals surface area contributed by atoms with Crippen molar-refractivity contribution in [3.63, 3.8) is 0 Å². The molecule has 0 fully saturated rings. The van der Waals surface area contributed by atoms with Crippen molar-refractivity contribution < 1.29 is 26.7 Å². The van der Waals surface area contributed by atoms with Crippen LogP contribution in [0.3, 0.4) is 0 Å². The Morgan fingerprint density at radius 1 is 1.29 bits per heavy atom. The van der Waals surface area contributed by atoms with Crippen molar-refractivity contribution in [2.75, 3.05) is 11.9 Å². The molecule has 1 unspecified atom stereocenters. The molecule has 2 N–H and O–H groups in total. The predicted octanol–water partition coefficient (Wildman–Crippen LogP) is 3.03. The highest BCUT2D eigenvalue weighted by molar-refractivity contribution is 5.99. The van der Waals surface area contributed by atoms with Crippen LogP contribution in [0.2, 0.25) is 0 Å². The number of fused-ring (bicyclic) bond motifs is 1. The van der Waals surface area contributed by atoms with E-state index in [-0.39, 0.29) is 24.4 Å². The van der Waals surface area contributed by atoms with Gasteiger partial charge in [0.15, 0.2) is 0 Å². The minimum Gasteiger partial charge on any atom is -0.326 e. The Labute approximate surface area is 117 Å². The number of carbonyl (C=O) groups is 1. The molecule has 0 bridgehead atoms. The largest absolute Gasteiger partial charge is 0.455 e. The van der Waals surface area contributed by atoms with Crippen LogP contribution in [0.1, 0.15) is 24.1 Å². The summed E-state index contributed by atoms with van der Waals surface area (Å²) < 4.78 is 65.0. The van der Waals surface area contributed by atoms with E-state index in [9.17, 15) is 26.7 Å². The quantitative estimate of drug-likeness (QED) is 0.840. The van der Waals surface area contributed by atoms with Crippen LogP contribution in [0.25, 0.3) is 0 Å². The van der Waals surface area contributed by atoms with E-state index < -0.39 is 18.1 Å². The van der Waals surface area contributed by atoms with Crippen LogP contribution in [0, 0.1) is 0 Å². The number of hydrogen-bond acceptors (Lipinski definition) is 2. The summed E-state index contributed by atoms with van der Waals surface area (Å²) in [4.78, 5) is 11.2. The number of rotatable bonds is 4. The summed E-state index contributed by atoms with van der Waals surface area (Å²) in [6.07, 6.45) is -5.69. The summed E-state index contributed by atoms with van der Waals surface area (Å²) in [5.41, 5.74) is 0.655. The normalized spacial score (nSPS) is 16.6. The molecule has 0 aliphatic carbocycles. The van der Waals surface area contributed by atoms with Crippen LogP contribution in [-0.2, 0) is 11.2 Å². The number of anilines is 1. The third kappa shape index (κ3) is 2.85. The highest BCUT2D eigenvalue weighted by Gasteiger charge is 2.62. The minimum absolute atomic E-state index is 0.0282. The molecule has 3 nitrogen and oxygen atoms in total. The van der Waals surface area contributed by atoms with Crippen molar-refractivity contribution in [1.29, 1.82) is 0 Å². The van der Waals surface area contributed by atoms with Gasteiger partial charge in [0.2, 0.25) is 5.91 Å². The summed E-state index contributed by atoms with van der Waals surface area (Å²) in [5.74, 6) is -5.22. The van der Waals surface area contributed by atoms with E-state index in [0.717, 1.165) is 6.07 Å². The average Bonchev–Trinajstić information content (AvgIpc) is 2.73. The molecule has 0 saturated heterocycles. The first-order valence-corrected chi connectivity index (χ1v) is 6.27. The summed E-state index contributed by atoms with van der Waals surface area (Å²) in [7, 11) is 0. The van der Waals surface area contributed by atoms with Gasteiger partial charge in [-0.15, -0.1) is 0 Å². The van der Waals surface area contributed by atoms with Crippen molar-refractivity contribution in [1.82, 2.24) is 5.32 Å². The fraction of sp³-hybridized carbons (Fsp3) is 0.462. The molecule has 21 heavy (non-hydrogen) atoms. The molecule has 0 radical (unpaired) electrons. The number of halogens is 5. The van der Waals surface area contributed by atoms with Crippen LogP contribution in [-0.4, -0.2) is 24.6 Å². The molecular weight excluding hydrogens is 295 g/mol. The topological polar surface area (TPSA) is 41.1 Å². The zero-order valence-corrected chi connectivity index (χ0v) is 11.0. The number of nitrogens with one attached hydrogen (secondary N) is 2. The Hall–Kier alpha value is -1.70. The van der Waals surface area contributed by atoms with E-state index in [1.165, 1.54) is 19.1 Å². The fourth-order valence-electron chi connectivity index (χ4n) is 2.25. The van der Waals surface area contributed by atoms with Crippen LogP contribution >= 0.6 is 0 Å². The zero-order chi connectivity index (χ0) is 15.8. The first-order chi connectivity index (χ1) is 9.66. The summed E-state index contributed by atoms with van der Waals surface area (Å²) in [6, 6.07) is 1.52. The second kappa shape index (κ2) is 5.25. The van der Waals surface area contributed by atoms with Gasteiger partial charge < -0.3 is 10.6 Å². The minimum atomic E-state index is -5.66. The molecule has 8 heteroatoms. The first kappa shape index (κ1) is 15.7. The van der Waals surface area contributed by atoms with E-state index in [1.807, 2.05) is 0 Å². The Balaban J connectivity index is 2.40. The van der Waals surface area contributed by atoms with Gasteiger partial charge in [0, 0.05) is 5.69 Å². The highest BCUT2D eigenvalue weighted by atomic mass is 19.4. The summed E-state index contributed by atoms with van der Waals surface area (Å²) in [6.45, 7) is 1.39. The van der Waals surface area contributed by atoms with Crippen molar-refractivity contribution in [3.05, 3.63) is 29.3 Å². The Kier molecular flexibility index (Phi) is 3.92. The Morgan fingerprint density at radius 3 is 2.52 bits per heavy atom. The maximum atomic E-state index is 13.6. The molecule has 1 aliphatic heterocycles. The van der Waals surface area contributed by atoms with E-state index in [1.54, 1.807) is 0 Å². The van der Waals surface area contributed by atoms with Gasteiger partial charge in [-0.25, -0.2) is 0 Å². The summed E-state index contributed by atoms with van der Waals surface area (Å²) >= 11 is 0. The second-order valence-corrected chi connectivity index (χ2v) is 4.75. The van der Waals surface area contributed by atoms with Gasteiger partial charge in [0.1, 0.15) is 6.04 Å². The third-order valence-corrected chi connectivity index (χ3v) is 3.24. The fourth-order valence-corrected chi connectivity index (χ4v) is 2.25. The van der Waals surface area contributed by atoms with Crippen molar-refractivity contribution in [3.8, 4) is 0 Å². The van der Waals surface area contributed by atoms with E-state index in [0.29, 0.717) is 11.3 Å². The predicted molar refractivity (Wildman–Crippen MR) is 66.2 cm³/mol. The molecule has 0 aromatic heterocycles. The van der Waals surface area contributed by atoms with Gasteiger partial charge in [0.05, 0.1) is 6.42 Å². The monoisotopic (exact) mass is 308 g/mol. The molecule has 1 heterocycles. The van der Waals surface area contributed by atoms with Gasteiger partial charge in [-0.3, -0.25) is 4.79 Å². The molecule has 1 atom stereocenters. The molecular formula is C13H13F5N2O. The Morgan fingerprint density at radius 2 is 1.95 bits per heavy atom. The molecule has 1 aromatic rings. The highest BCUT2D eigenvalue weighted by Crippen LogP contribution is 2.45. The SMILES string of the molecule is CCNC(c1ccc2c(c1)CC(=O)N2)C(F)(F)C(F)(F)F. The van der Waals surface area contributed by atoms with E-state index in [2.05, 4.69) is 10.6 Å². The second-order valence-electron chi connectivity index (χ2n) is 4.75. The number of amides is 1. The van der Waals surface area contributed by atoms with Crippen molar-refractivity contribution in [2.45, 2.75) is 31.5 Å². The lowest BCUT2D eigenvalue weighted by Crippen LogP contribution is -2.48. The van der Waals surface area contributed by atoms with Gasteiger partial charge >= 0.3 is 12.1 Å². The molecule has 116 valence electrons. The number of hydrogen-bond donors (Lipinski definition) is 2. The lowest BCUT2D eigenvalue weighted by atomic mass is 9.97. The van der Waals surface area contributed by atoms with Crippen LogP contribution < -0.4 is 10.6 Å².